The Kier molecular flexibility index (Phi) is 5.75. The molecule has 1 atom stereocenters. The first-order chi connectivity index (χ1) is 10.9. The maximum atomic E-state index is 12.2. The second-order valence-electron chi connectivity index (χ2n) is 7.00. The lowest BCUT2D eigenvalue weighted by Crippen LogP contribution is -2.24. The van der Waals surface area contributed by atoms with Crippen molar-refractivity contribution in [3.05, 3.63) is 41.0 Å². The van der Waals surface area contributed by atoms with Gasteiger partial charge in [-0.15, -0.1) is 0 Å². The summed E-state index contributed by atoms with van der Waals surface area (Å²) in [5.41, 5.74) is 1.08. The van der Waals surface area contributed by atoms with Gasteiger partial charge in [-0.2, -0.15) is 0 Å². The molecule has 0 radical (unpaired) electrons. The second kappa shape index (κ2) is 7.58. The standard InChI is InChI=1S/C20H26O3/c1-13(2)7-6-8-14(3)11-12-17-18(21)15-9-4-5-10-16(15)19(22)20(17)23/h4-5,9-10,13-14,21H,6-8,11-12H2,1-3H3/t14-/m0/s1. The van der Waals surface area contributed by atoms with Gasteiger partial charge in [-0.3, -0.25) is 9.59 Å². The van der Waals surface area contributed by atoms with E-state index in [2.05, 4.69) is 20.8 Å². The Morgan fingerprint density at radius 1 is 0.913 bits per heavy atom. The molecule has 0 aliphatic heterocycles. The van der Waals surface area contributed by atoms with E-state index in [1.165, 1.54) is 12.8 Å². The van der Waals surface area contributed by atoms with Gasteiger partial charge in [0.05, 0.1) is 0 Å². The molecule has 0 aromatic heterocycles. The third-order valence-corrected chi connectivity index (χ3v) is 4.56. The predicted octanol–water partition coefficient (Wildman–Crippen LogP) is 4.96. The number of Topliss-reactive ketones (excluding diaryl/α,β-unsaturated/α-hetero) is 2. The van der Waals surface area contributed by atoms with Crippen LogP contribution in [0.5, 0.6) is 0 Å². The lowest BCUT2D eigenvalue weighted by molar-refractivity contribution is -0.112. The number of allylic oxidation sites excluding steroid dienone is 1. The van der Waals surface area contributed by atoms with Crippen LogP contribution in [-0.2, 0) is 4.79 Å². The smallest absolute Gasteiger partial charge is 0.234 e. The van der Waals surface area contributed by atoms with Crippen molar-refractivity contribution in [3.63, 3.8) is 0 Å². The number of ketones is 2. The molecule has 0 unspecified atom stereocenters. The molecule has 3 heteroatoms. The van der Waals surface area contributed by atoms with Gasteiger partial charge in [0.2, 0.25) is 11.6 Å². The Bertz CT molecular complexity index is 626. The highest BCUT2D eigenvalue weighted by molar-refractivity contribution is 6.52. The lowest BCUT2D eigenvalue weighted by Gasteiger charge is -2.19. The Morgan fingerprint density at radius 3 is 2.22 bits per heavy atom. The largest absolute Gasteiger partial charge is 0.507 e. The molecule has 0 saturated carbocycles. The SMILES string of the molecule is CC(C)CCC[C@H](C)CCC1=C(O)c2ccccc2C(=O)C1=O. The van der Waals surface area contributed by atoms with Gasteiger partial charge >= 0.3 is 0 Å². The summed E-state index contributed by atoms with van der Waals surface area (Å²) in [6, 6.07) is 6.77. The molecular weight excluding hydrogens is 288 g/mol. The summed E-state index contributed by atoms with van der Waals surface area (Å²) in [4.78, 5) is 24.4. The molecule has 1 aliphatic carbocycles. The normalized spacial score (nSPS) is 16.0. The van der Waals surface area contributed by atoms with E-state index in [1.54, 1.807) is 24.3 Å². The van der Waals surface area contributed by atoms with Crippen LogP contribution < -0.4 is 0 Å². The van der Waals surface area contributed by atoms with Gasteiger partial charge < -0.3 is 5.11 Å². The highest BCUT2D eigenvalue weighted by Gasteiger charge is 2.32. The Labute approximate surface area is 138 Å². The highest BCUT2D eigenvalue weighted by Crippen LogP contribution is 2.31. The van der Waals surface area contributed by atoms with Gasteiger partial charge in [0, 0.05) is 16.7 Å². The maximum Gasteiger partial charge on any atom is 0.234 e. The van der Waals surface area contributed by atoms with Crippen molar-refractivity contribution >= 4 is 17.3 Å². The van der Waals surface area contributed by atoms with E-state index in [0.29, 0.717) is 29.4 Å². The summed E-state index contributed by atoms with van der Waals surface area (Å²) in [5.74, 6) is 0.133. The highest BCUT2D eigenvalue weighted by atomic mass is 16.3. The van der Waals surface area contributed by atoms with Crippen LogP contribution in [0, 0.1) is 11.8 Å². The second-order valence-corrected chi connectivity index (χ2v) is 7.00. The van der Waals surface area contributed by atoms with Crippen molar-refractivity contribution < 1.29 is 14.7 Å². The van der Waals surface area contributed by atoms with Crippen LogP contribution >= 0.6 is 0 Å². The zero-order valence-corrected chi connectivity index (χ0v) is 14.3. The molecule has 23 heavy (non-hydrogen) atoms. The quantitative estimate of drug-likeness (QED) is 0.723. The van der Waals surface area contributed by atoms with Crippen LogP contribution in [0.3, 0.4) is 0 Å². The number of fused-ring (bicyclic) bond motifs is 1. The summed E-state index contributed by atoms with van der Waals surface area (Å²) < 4.78 is 0. The molecule has 0 heterocycles. The number of carbonyl (C=O) groups is 2. The van der Waals surface area contributed by atoms with Gasteiger partial charge in [-0.1, -0.05) is 64.3 Å². The van der Waals surface area contributed by atoms with Crippen LogP contribution in [0.15, 0.2) is 29.8 Å². The van der Waals surface area contributed by atoms with Crippen molar-refractivity contribution in [2.45, 2.75) is 52.9 Å². The molecule has 3 nitrogen and oxygen atoms in total. The number of carbonyl (C=O) groups excluding carboxylic acids is 2. The molecule has 2 rings (SSSR count). The third kappa shape index (κ3) is 4.10. The number of aliphatic hydroxyl groups is 1. The van der Waals surface area contributed by atoms with E-state index in [-0.39, 0.29) is 11.3 Å². The fourth-order valence-electron chi connectivity index (χ4n) is 3.06. The van der Waals surface area contributed by atoms with Crippen LogP contribution in [0.4, 0.5) is 0 Å². The molecule has 0 spiro atoms. The van der Waals surface area contributed by atoms with Gasteiger partial charge in [-0.25, -0.2) is 0 Å². The van der Waals surface area contributed by atoms with Gasteiger partial charge in [0.1, 0.15) is 5.76 Å². The van der Waals surface area contributed by atoms with E-state index in [9.17, 15) is 14.7 Å². The minimum atomic E-state index is -0.546. The summed E-state index contributed by atoms with van der Waals surface area (Å²) in [5, 5.41) is 10.4. The van der Waals surface area contributed by atoms with Gasteiger partial charge in [0.25, 0.3) is 0 Å². The van der Waals surface area contributed by atoms with E-state index >= 15 is 0 Å². The van der Waals surface area contributed by atoms with Crippen molar-refractivity contribution in [2.75, 3.05) is 0 Å². The number of hydrogen-bond acceptors (Lipinski definition) is 3. The van der Waals surface area contributed by atoms with Crippen LogP contribution in [0.1, 0.15) is 68.8 Å². The summed E-state index contributed by atoms with van der Waals surface area (Å²) in [7, 11) is 0. The van der Waals surface area contributed by atoms with Gasteiger partial charge in [0.15, 0.2) is 0 Å². The molecule has 0 saturated heterocycles. The Balaban J connectivity index is 2.04. The molecule has 0 fully saturated rings. The fraction of sp³-hybridized carbons (Fsp3) is 0.500. The van der Waals surface area contributed by atoms with Crippen molar-refractivity contribution in [1.29, 1.82) is 0 Å². The molecule has 1 N–H and O–H groups in total. The molecule has 1 aromatic carbocycles. The molecular formula is C20H26O3. The van der Waals surface area contributed by atoms with Crippen LogP contribution in [0.25, 0.3) is 5.76 Å². The number of rotatable bonds is 7. The summed E-state index contributed by atoms with van der Waals surface area (Å²) in [6.45, 7) is 6.61. The zero-order chi connectivity index (χ0) is 17.0. The Morgan fingerprint density at radius 2 is 1.57 bits per heavy atom. The number of aliphatic hydroxyl groups excluding tert-OH is 1. The van der Waals surface area contributed by atoms with Crippen LogP contribution in [-0.4, -0.2) is 16.7 Å². The first kappa shape index (κ1) is 17.5. The van der Waals surface area contributed by atoms with Crippen molar-refractivity contribution in [1.82, 2.24) is 0 Å². The fourth-order valence-corrected chi connectivity index (χ4v) is 3.06. The zero-order valence-electron chi connectivity index (χ0n) is 14.3. The van der Waals surface area contributed by atoms with E-state index in [0.717, 1.165) is 12.8 Å². The van der Waals surface area contributed by atoms with E-state index in [4.69, 9.17) is 0 Å². The van der Waals surface area contributed by atoms with E-state index in [1.807, 2.05) is 0 Å². The lowest BCUT2D eigenvalue weighted by atomic mass is 9.85. The first-order valence-corrected chi connectivity index (χ1v) is 8.52. The maximum absolute atomic E-state index is 12.2. The minimum absolute atomic E-state index is 0.0143. The minimum Gasteiger partial charge on any atom is -0.507 e. The number of hydrogen-bond donors (Lipinski definition) is 1. The molecule has 124 valence electrons. The summed E-state index contributed by atoms with van der Waals surface area (Å²) in [6.07, 6.45) is 4.79. The van der Waals surface area contributed by atoms with Crippen LogP contribution in [0.2, 0.25) is 0 Å². The van der Waals surface area contributed by atoms with E-state index < -0.39 is 11.6 Å². The monoisotopic (exact) mass is 314 g/mol. The molecule has 1 aromatic rings. The average molecular weight is 314 g/mol. The van der Waals surface area contributed by atoms with Crippen molar-refractivity contribution in [3.8, 4) is 0 Å². The summed E-state index contributed by atoms with van der Waals surface area (Å²) >= 11 is 0. The molecule has 1 aliphatic rings. The molecule has 0 bridgehead atoms. The Hall–Kier alpha value is -1.90. The predicted molar refractivity (Wildman–Crippen MR) is 92.4 cm³/mol. The average Bonchev–Trinajstić information content (AvgIpc) is 2.52. The number of benzene rings is 1. The van der Waals surface area contributed by atoms with Gasteiger partial charge in [-0.05, 0) is 24.7 Å². The topological polar surface area (TPSA) is 54.4 Å². The van der Waals surface area contributed by atoms with Crippen molar-refractivity contribution in [2.24, 2.45) is 11.8 Å². The third-order valence-electron chi connectivity index (χ3n) is 4.56. The first-order valence-electron chi connectivity index (χ1n) is 8.52. The molecule has 0 amide bonds.